The summed E-state index contributed by atoms with van der Waals surface area (Å²) in [4.78, 5) is 13.6. The number of ether oxygens (including phenoxy) is 3. The summed E-state index contributed by atoms with van der Waals surface area (Å²) in [5.41, 5.74) is 0.710. The Morgan fingerprint density at radius 2 is 1.83 bits per heavy atom. The minimum absolute atomic E-state index is 0.110. The fraction of sp³-hybridized carbons (Fsp3) is 0.400. The van der Waals surface area contributed by atoms with Crippen molar-refractivity contribution in [1.29, 1.82) is 0 Å². The van der Waals surface area contributed by atoms with Crippen molar-refractivity contribution in [1.82, 2.24) is 5.27 Å². The van der Waals surface area contributed by atoms with Gasteiger partial charge in [0, 0.05) is 0 Å². The second-order valence-electron chi connectivity index (χ2n) is 5.09. The summed E-state index contributed by atoms with van der Waals surface area (Å²) in [6, 6.07) is 3.45. The topological polar surface area (TPSA) is 89.9 Å². The molecule has 1 aromatic carbocycles. The normalized spacial score (nSPS) is 10.2. The van der Waals surface area contributed by atoms with Crippen molar-refractivity contribution in [3.8, 4) is 17.2 Å². The standard InChI is InChI=1S/C15H20N4O5/c1-18(2)19-9-14(24-17-19)16-13(20)8-10-6-11(21-3)15(23-5)12(7-10)22-4/h6-7,9H,8H2,1-5H3/p+1. The van der Waals surface area contributed by atoms with Crippen LogP contribution in [0.4, 0.5) is 5.88 Å². The first-order chi connectivity index (χ1) is 11.5. The van der Waals surface area contributed by atoms with Gasteiger partial charge >= 0.3 is 5.88 Å². The number of rotatable bonds is 7. The first kappa shape index (κ1) is 17.4. The number of nitrogens with zero attached hydrogens (tertiary/aromatic N) is 3. The summed E-state index contributed by atoms with van der Waals surface area (Å²) in [6.45, 7) is 0. The first-order valence-electron chi connectivity index (χ1n) is 7.13. The van der Waals surface area contributed by atoms with Crippen molar-refractivity contribution < 1.29 is 28.3 Å². The number of aromatic nitrogens is 2. The lowest BCUT2D eigenvalue weighted by Gasteiger charge is -2.13. The molecule has 0 unspecified atom stereocenters. The van der Waals surface area contributed by atoms with Gasteiger partial charge in [0.1, 0.15) is 0 Å². The van der Waals surface area contributed by atoms with Gasteiger partial charge in [-0.2, -0.15) is 5.01 Å². The Morgan fingerprint density at radius 3 is 2.29 bits per heavy atom. The van der Waals surface area contributed by atoms with Gasteiger partial charge in [-0.3, -0.25) is 14.6 Å². The van der Waals surface area contributed by atoms with Crippen molar-refractivity contribution in [2.24, 2.45) is 0 Å². The van der Waals surface area contributed by atoms with Crippen LogP contribution in [0.15, 0.2) is 22.9 Å². The number of amides is 1. The Hall–Kier alpha value is -2.97. The van der Waals surface area contributed by atoms with Gasteiger partial charge in [0.05, 0.1) is 46.6 Å². The maximum Gasteiger partial charge on any atom is 0.305 e. The molecule has 0 atom stereocenters. The lowest BCUT2D eigenvalue weighted by atomic mass is 10.1. The van der Waals surface area contributed by atoms with E-state index in [1.54, 1.807) is 37.4 Å². The third-order valence-electron chi connectivity index (χ3n) is 3.22. The van der Waals surface area contributed by atoms with Crippen molar-refractivity contribution >= 4 is 11.8 Å². The van der Waals surface area contributed by atoms with E-state index < -0.39 is 0 Å². The third-order valence-corrected chi connectivity index (χ3v) is 3.22. The van der Waals surface area contributed by atoms with E-state index >= 15 is 0 Å². The summed E-state index contributed by atoms with van der Waals surface area (Å²) >= 11 is 0. The summed E-state index contributed by atoms with van der Waals surface area (Å²) in [5, 5.41) is 8.08. The molecule has 0 aliphatic carbocycles. The molecule has 0 aliphatic rings. The smallest absolute Gasteiger partial charge is 0.305 e. The monoisotopic (exact) mass is 337 g/mol. The summed E-state index contributed by atoms with van der Waals surface area (Å²) in [7, 11) is 8.16. The average molecular weight is 337 g/mol. The van der Waals surface area contributed by atoms with Crippen LogP contribution in [0.25, 0.3) is 0 Å². The highest BCUT2D eigenvalue weighted by Crippen LogP contribution is 2.38. The molecular weight excluding hydrogens is 316 g/mol. The zero-order valence-corrected chi connectivity index (χ0v) is 14.3. The highest BCUT2D eigenvalue weighted by molar-refractivity contribution is 5.91. The van der Waals surface area contributed by atoms with Crippen LogP contribution in [0.2, 0.25) is 0 Å². The van der Waals surface area contributed by atoms with Crippen LogP contribution < -0.4 is 29.3 Å². The molecule has 9 heteroatoms. The van der Waals surface area contributed by atoms with Crippen LogP contribution in [0, 0.1) is 0 Å². The van der Waals surface area contributed by atoms with Gasteiger partial charge in [0.2, 0.25) is 16.9 Å². The number of methoxy groups -OCH3 is 3. The molecular formula is C15H21N4O5+. The van der Waals surface area contributed by atoms with Gasteiger partial charge in [-0.25, -0.2) is 0 Å². The number of carbonyl (C=O) groups is 1. The molecule has 0 fully saturated rings. The fourth-order valence-corrected chi connectivity index (χ4v) is 2.09. The first-order valence-corrected chi connectivity index (χ1v) is 7.13. The Morgan fingerprint density at radius 1 is 1.21 bits per heavy atom. The van der Waals surface area contributed by atoms with E-state index in [0.29, 0.717) is 22.8 Å². The highest BCUT2D eigenvalue weighted by atomic mass is 16.5. The van der Waals surface area contributed by atoms with Crippen molar-refractivity contribution in [3.05, 3.63) is 23.9 Å². The van der Waals surface area contributed by atoms with E-state index in [4.69, 9.17) is 18.7 Å². The van der Waals surface area contributed by atoms with Gasteiger partial charge in [-0.1, -0.05) is 0 Å². The zero-order chi connectivity index (χ0) is 17.7. The maximum absolute atomic E-state index is 12.2. The number of nitrogens with one attached hydrogen (secondary N) is 1. The molecule has 1 N–H and O–H groups in total. The van der Waals surface area contributed by atoms with E-state index in [2.05, 4.69) is 10.6 Å². The Labute approximate surface area is 139 Å². The molecule has 1 amide bonds. The molecule has 1 aromatic heterocycles. The molecule has 24 heavy (non-hydrogen) atoms. The van der Waals surface area contributed by atoms with E-state index in [1.165, 1.54) is 26.1 Å². The van der Waals surface area contributed by atoms with E-state index in [0.717, 1.165) is 0 Å². The number of benzene rings is 1. The Bertz CT molecular complexity index is 689. The van der Waals surface area contributed by atoms with Crippen LogP contribution in [0.5, 0.6) is 17.2 Å². The fourth-order valence-electron chi connectivity index (χ4n) is 2.09. The van der Waals surface area contributed by atoms with Gasteiger partial charge in [0.15, 0.2) is 11.5 Å². The molecule has 0 spiro atoms. The van der Waals surface area contributed by atoms with Crippen LogP contribution in [-0.2, 0) is 11.2 Å². The van der Waals surface area contributed by atoms with Crippen molar-refractivity contribution in [2.75, 3.05) is 45.8 Å². The van der Waals surface area contributed by atoms with Gasteiger partial charge in [-0.05, 0) is 17.7 Å². The van der Waals surface area contributed by atoms with E-state index in [-0.39, 0.29) is 18.2 Å². The van der Waals surface area contributed by atoms with Gasteiger partial charge in [-0.15, -0.1) is 0 Å². The SMILES string of the molecule is COc1cc(CC(=O)Nc2c[n+](N(C)C)no2)cc(OC)c1OC. The second kappa shape index (κ2) is 7.53. The minimum atomic E-state index is -0.258. The maximum atomic E-state index is 12.2. The van der Waals surface area contributed by atoms with Crippen LogP contribution in [0.1, 0.15) is 5.56 Å². The predicted molar refractivity (Wildman–Crippen MR) is 85.2 cm³/mol. The number of hydrogen-bond acceptors (Lipinski definition) is 7. The molecule has 2 rings (SSSR count). The average Bonchev–Trinajstić information content (AvgIpc) is 3.02. The van der Waals surface area contributed by atoms with Gasteiger partial charge in [0.25, 0.3) is 6.20 Å². The minimum Gasteiger partial charge on any atom is -0.493 e. The molecule has 0 saturated heterocycles. The number of hydrogen-bond donors (Lipinski definition) is 1. The zero-order valence-electron chi connectivity index (χ0n) is 14.3. The second-order valence-corrected chi connectivity index (χ2v) is 5.09. The molecule has 0 bridgehead atoms. The molecule has 130 valence electrons. The molecule has 1 heterocycles. The van der Waals surface area contributed by atoms with Crippen LogP contribution >= 0.6 is 0 Å². The Balaban J connectivity index is 2.13. The summed E-state index contributed by atoms with van der Waals surface area (Å²) in [6.07, 6.45) is 1.67. The van der Waals surface area contributed by atoms with Crippen molar-refractivity contribution in [2.45, 2.75) is 6.42 Å². The Kier molecular flexibility index (Phi) is 5.46. The summed E-state index contributed by atoms with van der Waals surface area (Å²) < 4.78 is 20.8. The molecule has 0 aliphatic heterocycles. The van der Waals surface area contributed by atoms with Gasteiger partial charge < -0.3 is 14.2 Å². The van der Waals surface area contributed by atoms with E-state index in [1.807, 2.05) is 0 Å². The van der Waals surface area contributed by atoms with Crippen molar-refractivity contribution in [3.63, 3.8) is 0 Å². The lowest BCUT2D eigenvalue weighted by Crippen LogP contribution is -2.53. The number of carbonyl (C=O) groups excluding carboxylic acids is 1. The third kappa shape index (κ3) is 3.86. The van der Waals surface area contributed by atoms with Crippen LogP contribution in [0.3, 0.4) is 0 Å². The highest BCUT2D eigenvalue weighted by Gasteiger charge is 2.18. The molecule has 2 aromatic rings. The molecule has 9 nitrogen and oxygen atoms in total. The largest absolute Gasteiger partial charge is 0.493 e. The number of anilines is 1. The molecule has 0 saturated carbocycles. The summed E-state index contributed by atoms with van der Waals surface area (Å²) in [5.74, 6) is 1.45. The van der Waals surface area contributed by atoms with E-state index in [9.17, 15) is 4.79 Å². The molecule has 0 radical (unpaired) electrons. The quantitative estimate of drug-likeness (QED) is 0.730. The lowest BCUT2D eigenvalue weighted by molar-refractivity contribution is -0.753. The van der Waals surface area contributed by atoms with Crippen LogP contribution in [-0.4, -0.2) is 46.6 Å². The predicted octanol–water partition coefficient (Wildman–Crippen LogP) is 0.367.